The predicted octanol–water partition coefficient (Wildman–Crippen LogP) is 4.31. The van der Waals surface area contributed by atoms with Gasteiger partial charge in [0.2, 0.25) is 0 Å². The Morgan fingerprint density at radius 3 is 2.60 bits per heavy atom. The van der Waals surface area contributed by atoms with Crippen LogP contribution in [-0.2, 0) is 10.2 Å². The van der Waals surface area contributed by atoms with E-state index in [2.05, 4.69) is 5.92 Å². The molecule has 0 fully saturated rings. The summed E-state index contributed by atoms with van der Waals surface area (Å²) in [5.41, 5.74) is 1.20. The molecule has 1 N–H and O–H groups in total. The Morgan fingerprint density at radius 1 is 1.30 bits per heavy atom. The van der Waals surface area contributed by atoms with E-state index in [0.717, 1.165) is 43.2 Å². The number of benzene rings is 1. The summed E-state index contributed by atoms with van der Waals surface area (Å²) in [6.07, 6.45) is 10.8. The summed E-state index contributed by atoms with van der Waals surface area (Å²) in [6, 6.07) is 7.82. The predicted molar refractivity (Wildman–Crippen MR) is 82.7 cm³/mol. The van der Waals surface area contributed by atoms with E-state index in [1.54, 1.807) is 0 Å². The van der Waals surface area contributed by atoms with Crippen molar-refractivity contribution < 1.29 is 9.90 Å². The van der Waals surface area contributed by atoms with Gasteiger partial charge in [0, 0.05) is 6.42 Å². The topological polar surface area (TPSA) is 37.3 Å². The minimum absolute atomic E-state index is 0.668. The van der Waals surface area contributed by atoms with E-state index < -0.39 is 11.4 Å². The smallest absolute Gasteiger partial charge is 0.313 e. The molecule has 0 aliphatic rings. The van der Waals surface area contributed by atoms with E-state index >= 15 is 0 Å². The van der Waals surface area contributed by atoms with Crippen LogP contribution in [0.4, 0.5) is 0 Å². The zero-order chi connectivity index (χ0) is 15.0. The summed E-state index contributed by atoms with van der Waals surface area (Å²) >= 11 is 0. The molecule has 0 aliphatic heterocycles. The monoisotopic (exact) mass is 272 g/mol. The first-order valence-electron chi connectivity index (χ1n) is 7.24. The number of hydrogen-bond donors (Lipinski definition) is 1. The second-order valence-electron chi connectivity index (χ2n) is 5.63. The highest BCUT2D eigenvalue weighted by Gasteiger charge is 2.34. The highest BCUT2D eigenvalue weighted by molar-refractivity contribution is 5.80. The van der Waals surface area contributed by atoms with Gasteiger partial charge in [-0.3, -0.25) is 4.79 Å². The van der Waals surface area contributed by atoms with Crippen molar-refractivity contribution in [3.8, 4) is 12.3 Å². The highest BCUT2D eigenvalue weighted by Crippen LogP contribution is 2.31. The van der Waals surface area contributed by atoms with Gasteiger partial charge in [0.25, 0.3) is 0 Å². The first-order valence-corrected chi connectivity index (χ1v) is 7.24. The van der Waals surface area contributed by atoms with Gasteiger partial charge in [-0.25, -0.2) is 0 Å². The summed E-state index contributed by atoms with van der Waals surface area (Å²) in [6.45, 7) is 3.82. The average Bonchev–Trinajstić information content (AvgIpc) is 2.42. The van der Waals surface area contributed by atoms with Crippen molar-refractivity contribution in [2.45, 2.75) is 57.8 Å². The van der Waals surface area contributed by atoms with Gasteiger partial charge in [-0.1, -0.05) is 49.1 Å². The first-order chi connectivity index (χ1) is 9.50. The zero-order valence-electron chi connectivity index (χ0n) is 12.5. The quantitative estimate of drug-likeness (QED) is 0.565. The van der Waals surface area contributed by atoms with Crippen LogP contribution in [0.25, 0.3) is 0 Å². The molecule has 0 heterocycles. The minimum Gasteiger partial charge on any atom is -0.481 e. The van der Waals surface area contributed by atoms with E-state index in [4.69, 9.17) is 6.42 Å². The fourth-order valence-electron chi connectivity index (χ4n) is 2.42. The summed E-state index contributed by atoms with van der Waals surface area (Å²) in [5, 5.41) is 9.59. The van der Waals surface area contributed by atoms with Crippen LogP contribution in [0.1, 0.15) is 56.6 Å². The highest BCUT2D eigenvalue weighted by atomic mass is 16.4. The molecule has 0 amide bonds. The Kier molecular flexibility index (Phi) is 6.31. The van der Waals surface area contributed by atoms with Crippen molar-refractivity contribution in [2.75, 3.05) is 0 Å². The lowest BCUT2D eigenvalue weighted by Gasteiger charge is -2.25. The Bertz CT molecular complexity index is 484. The Hall–Kier alpha value is -1.75. The molecule has 0 saturated carbocycles. The van der Waals surface area contributed by atoms with Gasteiger partial charge in [0.05, 0.1) is 5.41 Å². The van der Waals surface area contributed by atoms with Crippen LogP contribution in [-0.4, -0.2) is 11.1 Å². The van der Waals surface area contributed by atoms with Gasteiger partial charge in [-0.15, -0.1) is 12.3 Å². The molecule has 2 heteroatoms. The normalized spacial score (nSPS) is 13.4. The summed E-state index contributed by atoms with van der Waals surface area (Å²) in [4.78, 5) is 11.7. The molecule has 0 aliphatic carbocycles. The van der Waals surface area contributed by atoms with Gasteiger partial charge >= 0.3 is 5.97 Å². The lowest BCUT2D eigenvalue weighted by molar-refractivity contribution is -0.143. The van der Waals surface area contributed by atoms with Crippen molar-refractivity contribution in [3.63, 3.8) is 0 Å². The SMILES string of the molecule is C#CCCCCCCC(C)(C(=O)O)c1cccc(C)c1. The summed E-state index contributed by atoms with van der Waals surface area (Å²) in [5.74, 6) is 1.89. The zero-order valence-corrected chi connectivity index (χ0v) is 12.5. The second-order valence-corrected chi connectivity index (χ2v) is 5.63. The van der Waals surface area contributed by atoms with Crippen molar-refractivity contribution in [2.24, 2.45) is 0 Å². The molecule has 1 aromatic rings. The number of carboxylic acid groups (broad SMARTS) is 1. The van der Waals surface area contributed by atoms with E-state index in [9.17, 15) is 9.90 Å². The molecular weight excluding hydrogens is 248 g/mol. The third kappa shape index (κ3) is 4.42. The van der Waals surface area contributed by atoms with Crippen LogP contribution < -0.4 is 0 Å². The van der Waals surface area contributed by atoms with Crippen molar-refractivity contribution in [1.82, 2.24) is 0 Å². The fraction of sp³-hybridized carbons (Fsp3) is 0.500. The Labute approximate surface area is 122 Å². The first kappa shape index (κ1) is 16.3. The number of carbonyl (C=O) groups is 1. The molecule has 2 nitrogen and oxygen atoms in total. The molecule has 0 radical (unpaired) electrons. The molecular formula is C18H24O2. The number of unbranched alkanes of at least 4 members (excludes halogenated alkanes) is 4. The third-order valence-corrected chi connectivity index (χ3v) is 3.88. The Morgan fingerprint density at radius 2 is 2.00 bits per heavy atom. The molecule has 0 saturated heterocycles. The maximum Gasteiger partial charge on any atom is 0.313 e. The molecule has 20 heavy (non-hydrogen) atoms. The molecule has 0 aromatic heterocycles. The number of rotatable bonds is 8. The molecule has 1 atom stereocenters. The van der Waals surface area contributed by atoms with Crippen molar-refractivity contribution in [1.29, 1.82) is 0 Å². The van der Waals surface area contributed by atoms with Gasteiger partial charge in [0.1, 0.15) is 0 Å². The summed E-state index contributed by atoms with van der Waals surface area (Å²) in [7, 11) is 0. The lowest BCUT2D eigenvalue weighted by Crippen LogP contribution is -2.32. The van der Waals surface area contributed by atoms with E-state index in [0.29, 0.717) is 6.42 Å². The number of terminal acetylenes is 1. The average molecular weight is 272 g/mol. The number of carboxylic acids is 1. The lowest BCUT2D eigenvalue weighted by atomic mass is 9.77. The van der Waals surface area contributed by atoms with Crippen LogP contribution in [0.15, 0.2) is 24.3 Å². The minimum atomic E-state index is -0.794. The number of aryl methyl sites for hydroxylation is 1. The molecule has 0 bridgehead atoms. The molecule has 1 aromatic carbocycles. The maximum atomic E-state index is 11.7. The summed E-state index contributed by atoms with van der Waals surface area (Å²) < 4.78 is 0. The van der Waals surface area contributed by atoms with Crippen LogP contribution >= 0.6 is 0 Å². The molecule has 0 spiro atoms. The maximum absolute atomic E-state index is 11.7. The third-order valence-electron chi connectivity index (χ3n) is 3.88. The van der Waals surface area contributed by atoms with Gasteiger partial charge in [-0.2, -0.15) is 0 Å². The van der Waals surface area contributed by atoms with Gasteiger partial charge in [-0.05, 0) is 32.3 Å². The fourth-order valence-corrected chi connectivity index (χ4v) is 2.42. The number of hydrogen-bond acceptors (Lipinski definition) is 1. The van der Waals surface area contributed by atoms with Crippen LogP contribution in [0.5, 0.6) is 0 Å². The van der Waals surface area contributed by atoms with Crippen LogP contribution in [0.3, 0.4) is 0 Å². The van der Waals surface area contributed by atoms with E-state index in [1.807, 2.05) is 38.1 Å². The number of aliphatic carboxylic acids is 1. The van der Waals surface area contributed by atoms with Gasteiger partial charge < -0.3 is 5.11 Å². The van der Waals surface area contributed by atoms with Crippen LogP contribution in [0, 0.1) is 19.3 Å². The van der Waals surface area contributed by atoms with E-state index in [1.165, 1.54) is 0 Å². The standard InChI is InChI=1S/C18H24O2/c1-4-5-6-7-8-9-13-18(3,17(19)20)16-12-10-11-15(2)14-16/h1,10-12,14H,5-9,13H2,2-3H3,(H,19,20). The largest absolute Gasteiger partial charge is 0.481 e. The molecule has 1 unspecified atom stereocenters. The van der Waals surface area contributed by atoms with Crippen molar-refractivity contribution in [3.05, 3.63) is 35.4 Å². The Balaban J connectivity index is 2.64. The van der Waals surface area contributed by atoms with E-state index in [-0.39, 0.29) is 0 Å². The molecule has 1 rings (SSSR count). The second kappa shape index (κ2) is 7.75. The van der Waals surface area contributed by atoms with Crippen molar-refractivity contribution >= 4 is 5.97 Å². The van der Waals surface area contributed by atoms with Gasteiger partial charge in [0.15, 0.2) is 0 Å². The molecule has 108 valence electrons. The van der Waals surface area contributed by atoms with Crippen LogP contribution in [0.2, 0.25) is 0 Å².